The summed E-state index contributed by atoms with van der Waals surface area (Å²) in [7, 11) is 0. The van der Waals surface area contributed by atoms with Gasteiger partial charge in [0.25, 0.3) is 0 Å². The van der Waals surface area contributed by atoms with Crippen LogP contribution in [0.3, 0.4) is 0 Å². The van der Waals surface area contributed by atoms with Crippen LogP contribution in [0.2, 0.25) is 0 Å². The van der Waals surface area contributed by atoms with Crippen molar-refractivity contribution in [3.05, 3.63) is 53.9 Å². The third kappa shape index (κ3) is 2.97. The Morgan fingerprint density at radius 3 is 2.76 bits per heavy atom. The highest BCUT2D eigenvalue weighted by Crippen LogP contribution is 2.19. The average molecular weight is 288 g/mol. The number of nitrogens with zero attached hydrogens (tertiary/aromatic N) is 4. The maximum atomic E-state index is 12.9. The van der Waals surface area contributed by atoms with Crippen molar-refractivity contribution >= 4 is 0 Å². The maximum Gasteiger partial charge on any atom is 0.226 e. The van der Waals surface area contributed by atoms with Crippen LogP contribution in [0, 0.1) is 5.82 Å². The van der Waals surface area contributed by atoms with Crippen molar-refractivity contribution in [2.75, 3.05) is 0 Å². The van der Waals surface area contributed by atoms with E-state index >= 15 is 0 Å². The fraction of sp³-hybridized carbons (Fsp3) is 0.214. The minimum absolute atomic E-state index is 0.307. The molecular weight excluding hydrogens is 275 g/mol. The van der Waals surface area contributed by atoms with Crippen molar-refractivity contribution in [2.45, 2.75) is 19.6 Å². The monoisotopic (exact) mass is 288 g/mol. The van der Waals surface area contributed by atoms with Crippen molar-refractivity contribution in [2.24, 2.45) is 0 Å². The number of halogens is 1. The van der Waals surface area contributed by atoms with Gasteiger partial charge < -0.3 is 9.52 Å². The van der Waals surface area contributed by atoms with Gasteiger partial charge in [0.1, 0.15) is 23.5 Å². The zero-order chi connectivity index (χ0) is 14.8. The lowest BCUT2D eigenvalue weighted by Crippen LogP contribution is -2.00. The Hall–Kier alpha value is -2.54. The van der Waals surface area contributed by atoms with Crippen molar-refractivity contribution in [1.29, 1.82) is 0 Å². The number of rotatable bonds is 4. The van der Waals surface area contributed by atoms with Crippen LogP contribution in [0.4, 0.5) is 4.39 Å². The van der Waals surface area contributed by atoms with Crippen LogP contribution in [0.5, 0.6) is 0 Å². The van der Waals surface area contributed by atoms with E-state index in [-0.39, 0.29) is 5.82 Å². The molecule has 2 aromatic heterocycles. The number of benzene rings is 1. The van der Waals surface area contributed by atoms with E-state index < -0.39 is 6.10 Å². The molecule has 0 fully saturated rings. The van der Waals surface area contributed by atoms with E-state index in [1.54, 1.807) is 29.9 Å². The van der Waals surface area contributed by atoms with Crippen LogP contribution in [-0.2, 0) is 6.54 Å². The summed E-state index contributed by atoms with van der Waals surface area (Å²) in [5, 5.41) is 17.1. The fourth-order valence-corrected chi connectivity index (χ4v) is 1.85. The van der Waals surface area contributed by atoms with E-state index in [4.69, 9.17) is 4.42 Å². The quantitative estimate of drug-likeness (QED) is 0.796. The summed E-state index contributed by atoms with van der Waals surface area (Å²) < 4.78 is 19.8. The standard InChI is InChI=1S/C14H13FN4O2/c1-9(20)13-7-19(18-17-13)6-12-8-21-14(16-12)10-2-4-11(15)5-3-10/h2-5,7-9,20H,6H2,1H3. The van der Waals surface area contributed by atoms with Gasteiger partial charge in [-0.05, 0) is 31.2 Å². The molecule has 6 nitrogen and oxygen atoms in total. The van der Waals surface area contributed by atoms with Crippen LogP contribution in [0.25, 0.3) is 11.5 Å². The molecule has 0 aliphatic rings. The lowest BCUT2D eigenvalue weighted by molar-refractivity contribution is 0.194. The molecule has 3 rings (SSSR count). The van der Waals surface area contributed by atoms with Crippen molar-refractivity contribution in [1.82, 2.24) is 20.0 Å². The van der Waals surface area contributed by atoms with Gasteiger partial charge in [-0.3, -0.25) is 0 Å². The van der Waals surface area contributed by atoms with Crippen LogP contribution in [0.15, 0.2) is 41.1 Å². The summed E-state index contributed by atoms with van der Waals surface area (Å²) in [6, 6.07) is 5.91. The van der Waals surface area contributed by atoms with E-state index in [1.165, 1.54) is 18.4 Å². The van der Waals surface area contributed by atoms with Crippen LogP contribution < -0.4 is 0 Å². The third-order valence-electron chi connectivity index (χ3n) is 2.95. The second-order valence-electron chi connectivity index (χ2n) is 4.67. The summed E-state index contributed by atoms with van der Waals surface area (Å²) in [6.45, 7) is 2.00. The number of hydrogen-bond donors (Lipinski definition) is 1. The highest BCUT2D eigenvalue weighted by atomic mass is 19.1. The average Bonchev–Trinajstić information content (AvgIpc) is 3.10. The fourth-order valence-electron chi connectivity index (χ4n) is 1.85. The Morgan fingerprint density at radius 1 is 1.33 bits per heavy atom. The molecule has 0 saturated heterocycles. The summed E-state index contributed by atoms with van der Waals surface area (Å²) in [4.78, 5) is 4.32. The predicted octanol–water partition coefficient (Wildman–Crippen LogP) is 2.17. The normalized spacial score (nSPS) is 12.5. The molecule has 108 valence electrons. The van der Waals surface area contributed by atoms with Gasteiger partial charge >= 0.3 is 0 Å². The smallest absolute Gasteiger partial charge is 0.226 e. The zero-order valence-electron chi connectivity index (χ0n) is 11.3. The molecule has 0 saturated carbocycles. The summed E-state index contributed by atoms with van der Waals surface area (Å²) >= 11 is 0. The lowest BCUT2D eigenvalue weighted by atomic mass is 10.2. The molecule has 0 aliphatic carbocycles. The molecule has 1 atom stereocenters. The summed E-state index contributed by atoms with van der Waals surface area (Å²) in [6.07, 6.45) is 2.50. The first-order valence-corrected chi connectivity index (χ1v) is 6.40. The molecule has 0 aliphatic heterocycles. The van der Waals surface area contributed by atoms with Gasteiger partial charge in [0.15, 0.2) is 0 Å². The predicted molar refractivity (Wildman–Crippen MR) is 71.7 cm³/mol. The molecule has 0 spiro atoms. The van der Waals surface area contributed by atoms with Gasteiger partial charge in [0.2, 0.25) is 5.89 Å². The summed E-state index contributed by atoms with van der Waals surface area (Å²) in [5.41, 5.74) is 1.86. The van der Waals surface area contributed by atoms with Crippen molar-refractivity contribution in [3.63, 3.8) is 0 Å². The molecule has 1 unspecified atom stereocenters. The van der Waals surface area contributed by atoms with E-state index in [0.717, 1.165) is 0 Å². The molecule has 0 bridgehead atoms. The van der Waals surface area contributed by atoms with E-state index in [1.807, 2.05) is 0 Å². The number of aromatic nitrogens is 4. The van der Waals surface area contributed by atoms with Gasteiger partial charge in [0, 0.05) is 5.56 Å². The molecule has 0 amide bonds. The lowest BCUT2D eigenvalue weighted by Gasteiger charge is -1.96. The van der Waals surface area contributed by atoms with Crippen molar-refractivity contribution < 1.29 is 13.9 Å². The molecule has 3 aromatic rings. The minimum Gasteiger partial charge on any atom is -0.444 e. The Kier molecular flexibility index (Phi) is 3.49. The molecule has 7 heteroatoms. The zero-order valence-corrected chi connectivity index (χ0v) is 11.3. The highest BCUT2D eigenvalue weighted by molar-refractivity contribution is 5.52. The topological polar surface area (TPSA) is 77.0 Å². The van der Waals surface area contributed by atoms with E-state index in [9.17, 15) is 9.50 Å². The molecule has 1 N–H and O–H groups in total. The first-order chi connectivity index (χ1) is 10.1. The first-order valence-electron chi connectivity index (χ1n) is 6.40. The van der Waals surface area contributed by atoms with Gasteiger partial charge in [-0.25, -0.2) is 14.1 Å². The maximum absolute atomic E-state index is 12.9. The molecule has 2 heterocycles. The van der Waals surface area contributed by atoms with Crippen LogP contribution >= 0.6 is 0 Å². The largest absolute Gasteiger partial charge is 0.444 e. The molecule has 1 aromatic carbocycles. The third-order valence-corrected chi connectivity index (χ3v) is 2.95. The Morgan fingerprint density at radius 2 is 2.10 bits per heavy atom. The highest BCUT2D eigenvalue weighted by Gasteiger charge is 2.10. The van der Waals surface area contributed by atoms with Gasteiger partial charge in [-0.1, -0.05) is 5.21 Å². The Bertz CT molecular complexity index is 734. The molecule has 21 heavy (non-hydrogen) atoms. The second-order valence-corrected chi connectivity index (χ2v) is 4.67. The summed E-state index contributed by atoms with van der Waals surface area (Å²) in [5.74, 6) is 0.111. The van der Waals surface area contributed by atoms with Gasteiger partial charge in [0.05, 0.1) is 18.8 Å². The van der Waals surface area contributed by atoms with E-state index in [0.29, 0.717) is 29.4 Å². The Balaban J connectivity index is 1.76. The van der Waals surface area contributed by atoms with Crippen LogP contribution in [0.1, 0.15) is 24.4 Å². The van der Waals surface area contributed by atoms with E-state index in [2.05, 4.69) is 15.3 Å². The minimum atomic E-state index is -0.661. The Labute approximate surface area is 119 Å². The molecular formula is C14H13FN4O2. The SMILES string of the molecule is CC(O)c1cn(Cc2coc(-c3ccc(F)cc3)n2)nn1. The number of aliphatic hydroxyl groups excluding tert-OH is 1. The molecule has 0 radical (unpaired) electrons. The number of hydrogen-bond acceptors (Lipinski definition) is 5. The van der Waals surface area contributed by atoms with Gasteiger partial charge in [-0.2, -0.15) is 0 Å². The van der Waals surface area contributed by atoms with Crippen LogP contribution in [-0.4, -0.2) is 25.1 Å². The second kappa shape index (κ2) is 5.45. The first kappa shape index (κ1) is 13.4. The van der Waals surface area contributed by atoms with Crippen molar-refractivity contribution in [3.8, 4) is 11.5 Å². The number of aliphatic hydroxyl groups is 1. The number of oxazole rings is 1. The van der Waals surface area contributed by atoms with Gasteiger partial charge in [-0.15, -0.1) is 5.10 Å².